The number of amides is 2. The number of carbonyl (C=O) groups is 2. The Morgan fingerprint density at radius 3 is 2.52 bits per heavy atom. The number of hydrogen-bond donors (Lipinski definition) is 0. The summed E-state index contributed by atoms with van der Waals surface area (Å²) in [6, 6.07) is 11.9. The van der Waals surface area contributed by atoms with Gasteiger partial charge in [-0.2, -0.15) is 10.1 Å². The minimum Gasteiger partial charge on any atom is -0.497 e. The third-order valence-electron chi connectivity index (χ3n) is 5.06. The Labute approximate surface area is 181 Å². The van der Waals surface area contributed by atoms with Crippen molar-refractivity contribution in [3.8, 4) is 17.1 Å². The fourth-order valence-electron chi connectivity index (χ4n) is 3.51. The molecule has 10 nitrogen and oxygen atoms in total. The van der Waals surface area contributed by atoms with Crippen LogP contribution >= 0.6 is 11.6 Å². The third-order valence-corrected chi connectivity index (χ3v) is 5.31. The average molecular weight is 439 g/mol. The number of fused-ring (bicyclic) bond motifs is 1. The fourth-order valence-corrected chi connectivity index (χ4v) is 3.64. The molecule has 1 aromatic heterocycles. The van der Waals surface area contributed by atoms with E-state index in [1.165, 1.54) is 5.01 Å². The first kappa shape index (κ1) is 19.2. The summed E-state index contributed by atoms with van der Waals surface area (Å²) in [7, 11) is 1.54. The highest BCUT2D eigenvalue weighted by Crippen LogP contribution is 2.33. The Bertz CT molecular complexity index is 1180. The van der Waals surface area contributed by atoms with Gasteiger partial charge in [0.2, 0.25) is 11.7 Å². The number of halogens is 1. The van der Waals surface area contributed by atoms with Crippen molar-refractivity contribution in [2.75, 3.05) is 12.0 Å². The lowest BCUT2D eigenvalue weighted by Crippen LogP contribution is -2.39. The van der Waals surface area contributed by atoms with Gasteiger partial charge in [-0.15, -0.1) is 0 Å². The van der Waals surface area contributed by atoms with Crippen LogP contribution in [0.5, 0.6) is 5.75 Å². The molecule has 2 aliphatic heterocycles. The highest BCUT2D eigenvalue weighted by Gasteiger charge is 2.55. The first-order chi connectivity index (χ1) is 15.0. The molecule has 0 bridgehead atoms. The summed E-state index contributed by atoms with van der Waals surface area (Å²) in [4.78, 5) is 31.3. The Hall–Kier alpha value is -3.79. The summed E-state index contributed by atoms with van der Waals surface area (Å²) >= 11 is 5.90. The predicted molar refractivity (Wildman–Crippen MR) is 108 cm³/mol. The molecule has 2 aromatic carbocycles. The smallest absolute Gasteiger partial charge is 0.263 e. The average Bonchev–Trinajstić information content (AvgIpc) is 3.47. The maximum Gasteiger partial charge on any atom is 0.263 e. The fraction of sp³-hybridized carbons (Fsp3) is 0.200. The van der Waals surface area contributed by atoms with Gasteiger partial charge in [-0.1, -0.05) is 22.0 Å². The van der Waals surface area contributed by atoms with Crippen LogP contribution in [-0.2, 0) is 16.1 Å². The molecular weight excluding hydrogens is 424 g/mol. The van der Waals surface area contributed by atoms with E-state index in [4.69, 9.17) is 20.9 Å². The highest BCUT2D eigenvalue weighted by molar-refractivity contribution is 6.30. The van der Waals surface area contributed by atoms with Gasteiger partial charge in [-0.25, -0.2) is 4.90 Å². The number of anilines is 1. The lowest BCUT2D eigenvalue weighted by atomic mass is 10.1. The van der Waals surface area contributed by atoms with E-state index in [1.54, 1.807) is 55.6 Å². The second-order valence-corrected chi connectivity index (χ2v) is 7.36. The minimum absolute atomic E-state index is 0.0424. The molecule has 0 radical (unpaired) electrons. The van der Waals surface area contributed by atoms with Gasteiger partial charge in [0.1, 0.15) is 12.3 Å². The van der Waals surface area contributed by atoms with Crippen LogP contribution in [0.3, 0.4) is 0 Å². The van der Waals surface area contributed by atoms with Gasteiger partial charge in [0.25, 0.3) is 11.8 Å². The lowest BCUT2D eigenvalue weighted by Gasteiger charge is -2.19. The summed E-state index contributed by atoms with van der Waals surface area (Å²) in [5.74, 6) is 0.402. The molecule has 2 atom stereocenters. The number of ether oxygens (including phenoxy) is 1. The zero-order chi connectivity index (χ0) is 21.5. The van der Waals surface area contributed by atoms with Crippen LogP contribution in [0.4, 0.5) is 5.69 Å². The van der Waals surface area contributed by atoms with Gasteiger partial charge in [0, 0.05) is 10.6 Å². The second-order valence-electron chi connectivity index (χ2n) is 6.92. The van der Waals surface area contributed by atoms with Crippen LogP contribution in [0.15, 0.2) is 63.4 Å². The molecule has 0 aliphatic carbocycles. The summed E-state index contributed by atoms with van der Waals surface area (Å²) in [6.07, 6.45) is 0. The molecule has 5 rings (SSSR count). The van der Waals surface area contributed by atoms with E-state index < -0.39 is 23.9 Å². The van der Waals surface area contributed by atoms with Gasteiger partial charge in [0.15, 0.2) is 12.1 Å². The lowest BCUT2D eigenvalue weighted by molar-refractivity contribution is -0.123. The Balaban J connectivity index is 1.34. The molecule has 31 heavy (non-hydrogen) atoms. The highest BCUT2D eigenvalue weighted by atomic mass is 35.5. The van der Waals surface area contributed by atoms with E-state index in [1.807, 2.05) is 0 Å². The van der Waals surface area contributed by atoms with E-state index in [2.05, 4.69) is 20.5 Å². The number of imide groups is 1. The summed E-state index contributed by atoms with van der Waals surface area (Å²) in [5.41, 5.74) is 1.18. The maximum absolute atomic E-state index is 13.0. The van der Waals surface area contributed by atoms with Crippen LogP contribution in [0.1, 0.15) is 5.89 Å². The van der Waals surface area contributed by atoms with Crippen LogP contribution in [0.25, 0.3) is 11.4 Å². The van der Waals surface area contributed by atoms with E-state index in [0.29, 0.717) is 22.3 Å². The van der Waals surface area contributed by atoms with Gasteiger partial charge in [-0.3, -0.25) is 14.6 Å². The number of aromatic nitrogens is 2. The van der Waals surface area contributed by atoms with E-state index in [9.17, 15) is 9.59 Å². The zero-order valence-corrected chi connectivity index (χ0v) is 16.9. The van der Waals surface area contributed by atoms with Crippen LogP contribution < -0.4 is 9.64 Å². The Morgan fingerprint density at radius 2 is 1.81 bits per heavy atom. The molecule has 0 unspecified atom stereocenters. The van der Waals surface area contributed by atoms with Crippen molar-refractivity contribution < 1.29 is 18.8 Å². The number of rotatable bonds is 5. The molecule has 3 aromatic rings. The van der Waals surface area contributed by atoms with Crippen molar-refractivity contribution in [2.45, 2.75) is 18.6 Å². The summed E-state index contributed by atoms with van der Waals surface area (Å²) in [6.45, 7) is 0.0424. The van der Waals surface area contributed by atoms with E-state index in [0.717, 1.165) is 10.5 Å². The number of nitrogens with zero attached hydrogens (tertiary/aromatic N) is 6. The van der Waals surface area contributed by atoms with Crippen molar-refractivity contribution in [1.82, 2.24) is 15.1 Å². The Morgan fingerprint density at radius 1 is 1.06 bits per heavy atom. The van der Waals surface area contributed by atoms with Gasteiger partial charge in [-0.05, 0) is 48.5 Å². The van der Waals surface area contributed by atoms with Crippen LogP contribution in [-0.4, -0.2) is 46.2 Å². The van der Waals surface area contributed by atoms with Crippen molar-refractivity contribution in [2.24, 2.45) is 10.3 Å². The molecule has 0 N–H and O–H groups in total. The molecule has 11 heteroatoms. The molecule has 1 fully saturated rings. The maximum atomic E-state index is 13.0. The monoisotopic (exact) mass is 438 g/mol. The molecule has 156 valence electrons. The molecule has 3 heterocycles. The van der Waals surface area contributed by atoms with Gasteiger partial charge in [0.05, 0.1) is 12.8 Å². The van der Waals surface area contributed by atoms with Crippen LogP contribution in [0.2, 0.25) is 5.02 Å². The summed E-state index contributed by atoms with van der Waals surface area (Å²) in [5, 5.41) is 13.9. The zero-order valence-electron chi connectivity index (χ0n) is 16.2. The molecule has 2 aliphatic rings. The normalized spacial score (nSPS) is 19.9. The van der Waals surface area contributed by atoms with Gasteiger partial charge < -0.3 is 9.26 Å². The quantitative estimate of drug-likeness (QED) is 0.562. The minimum atomic E-state index is -0.909. The number of benzene rings is 2. The van der Waals surface area contributed by atoms with Crippen LogP contribution in [0, 0.1) is 0 Å². The molecule has 1 saturated heterocycles. The SMILES string of the molecule is COc1ccc(N2C(=O)[C@H]3N=NN(Cc4nc(-c5ccc(Cl)cc5)no4)[C@@H]3C2=O)cc1. The van der Waals surface area contributed by atoms with Crippen molar-refractivity contribution in [3.05, 3.63) is 59.4 Å². The first-order valence-corrected chi connectivity index (χ1v) is 9.71. The predicted octanol–water partition coefficient (Wildman–Crippen LogP) is 2.89. The van der Waals surface area contributed by atoms with Gasteiger partial charge >= 0.3 is 0 Å². The van der Waals surface area contributed by atoms with E-state index in [-0.39, 0.29) is 12.4 Å². The molecule has 2 amide bonds. The van der Waals surface area contributed by atoms with Crippen molar-refractivity contribution >= 4 is 29.1 Å². The number of hydrogen-bond acceptors (Lipinski definition) is 9. The third kappa shape index (κ3) is 3.30. The topological polar surface area (TPSA) is 113 Å². The Kier molecular flexibility index (Phi) is 4.63. The molecule has 0 saturated carbocycles. The first-order valence-electron chi connectivity index (χ1n) is 9.33. The van der Waals surface area contributed by atoms with E-state index >= 15 is 0 Å². The molecular formula is C20H15ClN6O4. The number of methoxy groups -OCH3 is 1. The largest absolute Gasteiger partial charge is 0.497 e. The number of carbonyl (C=O) groups excluding carboxylic acids is 2. The standard InChI is InChI=1S/C20H15ClN6O4/c1-30-14-8-6-13(7-9-14)27-19(28)16-17(20(27)29)26(25-23-16)10-15-22-18(24-31-15)11-2-4-12(21)5-3-11/h2-9,16-17H,10H2,1H3/t16-,17-/m0/s1. The molecule has 0 spiro atoms. The summed E-state index contributed by atoms with van der Waals surface area (Å²) < 4.78 is 10.4. The van der Waals surface area contributed by atoms with Crippen molar-refractivity contribution in [1.29, 1.82) is 0 Å². The second kappa shape index (κ2) is 7.47. The van der Waals surface area contributed by atoms with Crippen molar-refractivity contribution in [3.63, 3.8) is 0 Å².